The molecule has 414 valence electrons. The molecule has 3 aromatic carbocycles. The number of nitrogens with one attached hydrogen (secondary N) is 5. The van der Waals surface area contributed by atoms with E-state index in [1.165, 1.54) is 17.1 Å². The highest BCUT2D eigenvalue weighted by molar-refractivity contribution is 6.12. The van der Waals surface area contributed by atoms with Crippen molar-refractivity contribution in [3.63, 3.8) is 0 Å². The van der Waals surface area contributed by atoms with Gasteiger partial charge in [-0.1, -0.05) is 83.5 Å². The van der Waals surface area contributed by atoms with Crippen molar-refractivity contribution < 1.29 is 57.0 Å². The molecule has 0 radical (unpaired) electrons. The predicted molar refractivity (Wildman–Crippen MR) is 282 cm³/mol. The number of unbranched alkanes of at least 4 members (excludes halogenated alkanes) is 2. The Kier molecular flexibility index (Phi) is 22.4. The molecule has 20 nitrogen and oxygen atoms in total. The van der Waals surface area contributed by atoms with Gasteiger partial charge in [0.05, 0.1) is 11.7 Å². The van der Waals surface area contributed by atoms with Gasteiger partial charge in [-0.25, -0.2) is 23.4 Å². The zero-order valence-electron chi connectivity index (χ0n) is 44.1. The number of aromatic nitrogens is 2. The van der Waals surface area contributed by atoms with Crippen molar-refractivity contribution in [3.8, 4) is 11.3 Å². The molecule has 5 rings (SSSR count). The first kappa shape index (κ1) is 59.9. The molecule has 0 spiro atoms. The number of aliphatic hydroxyl groups is 1. The van der Waals surface area contributed by atoms with E-state index in [0.717, 1.165) is 28.7 Å². The molecule has 1 aromatic heterocycles. The molecule has 0 saturated heterocycles. The van der Waals surface area contributed by atoms with Crippen LogP contribution in [-0.2, 0) is 46.7 Å². The van der Waals surface area contributed by atoms with E-state index >= 15 is 4.39 Å². The number of halogens is 2. The summed E-state index contributed by atoms with van der Waals surface area (Å²) in [7, 11) is 0. The Bertz CT molecular complexity index is 2710. The predicted octanol–water partition coefficient (Wildman–Crippen LogP) is 5.60. The number of primary amides is 1. The summed E-state index contributed by atoms with van der Waals surface area (Å²) in [5.41, 5.74) is 6.44. The Morgan fingerprint density at radius 3 is 2.16 bits per heavy atom. The summed E-state index contributed by atoms with van der Waals surface area (Å²) in [5.74, 6) is -4.19. The lowest BCUT2D eigenvalue weighted by molar-refractivity contribution is -0.140. The summed E-state index contributed by atoms with van der Waals surface area (Å²) in [6.45, 7) is 9.02. The van der Waals surface area contributed by atoms with Gasteiger partial charge in [0.15, 0.2) is 0 Å². The molecule has 22 heteroatoms. The van der Waals surface area contributed by atoms with Gasteiger partial charge in [-0.15, -0.1) is 0 Å². The summed E-state index contributed by atoms with van der Waals surface area (Å²) in [5, 5.41) is 23.6. The van der Waals surface area contributed by atoms with Crippen LogP contribution in [0.3, 0.4) is 0 Å². The van der Waals surface area contributed by atoms with Gasteiger partial charge in [0, 0.05) is 68.7 Å². The van der Waals surface area contributed by atoms with Gasteiger partial charge < -0.3 is 51.6 Å². The minimum atomic E-state index is -1.09. The first-order chi connectivity index (χ1) is 36.6. The van der Waals surface area contributed by atoms with Crippen molar-refractivity contribution in [2.75, 3.05) is 38.1 Å². The molecule has 1 aliphatic rings. The fourth-order valence-electron chi connectivity index (χ4n) is 8.63. The van der Waals surface area contributed by atoms with Crippen LogP contribution in [0.2, 0.25) is 0 Å². The highest BCUT2D eigenvalue weighted by Gasteiger charge is 2.38. The summed E-state index contributed by atoms with van der Waals surface area (Å²) in [4.78, 5) is 109. The van der Waals surface area contributed by atoms with Gasteiger partial charge in [0.25, 0.3) is 11.8 Å². The number of imide groups is 1. The maximum atomic E-state index is 15.1. The number of hydrogen-bond donors (Lipinski definition) is 7. The number of nitrogens with two attached hydrogens (primary N) is 1. The number of nitrogens with zero attached hydrogens (tertiary/aromatic N) is 4. The number of ether oxygens (including phenoxy) is 1. The largest absolute Gasteiger partial charge is 0.445 e. The molecule has 0 saturated carbocycles. The smallest absolute Gasteiger partial charge is 0.407 e. The average molecular weight is 1070 g/mol. The van der Waals surface area contributed by atoms with Crippen molar-refractivity contribution >= 4 is 53.3 Å². The van der Waals surface area contributed by atoms with Gasteiger partial charge in [-0.05, 0) is 84.9 Å². The molecule has 0 bridgehead atoms. The first-order valence-electron chi connectivity index (χ1n) is 25.6. The number of aliphatic hydroxyl groups excluding tert-OH is 1. The summed E-state index contributed by atoms with van der Waals surface area (Å²) < 4.78 is 36.7. The number of carbonyl (C=O) groups excluding carboxylic acids is 8. The fraction of sp³-hybridized carbons (Fsp3) is 0.436. The van der Waals surface area contributed by atoms with E-state index in [2.05, 4.69) is 26.6 Å². The Labute approximate surface area is 446 Å². The lowest BCUT2D eigenvalue weighted by atomic mass is 9.84. The fourth-order valence-corrected chi connectivity index (χ4v) is 8.63. The van der Waals surface area contributed by atoms with E-state index in [1.54, 1.807) is 48.9 Å². The first-order valence-corrected chi connectivity index (χ1v) is 25.6. The third-order valence-electron chi connectivity index (χ3n) is 12.5. The molecule has 8 N–H and O–H groups in total. The van der Waals surface area contributed by atoms with E-state index in [-0.39, 0.29) is 93.4 Å². The van der Waals surface area contributed by atoms with Crippen molar-refractivity contribution in [3.05, 3.63) is 120 Å². The molecular formula is C55H70F2N10O10. The van der Waals surface area contributed by atoms with Crippen molar-refractivity contribution in [2.24, 2.45) is 17.1 Å². The Balaban J connectivity index is 1.15. The van der Waals surface area contributed by atoms with Crippen LogP contribution in [0.25, 0.3) is 11.3 Å². The Morgan fingerprint density at radius 2 is 1.51 bits per heavy atom. The zero-order valence-corrected chi connectivity index (χ0v) is 44.1. The number of imidazole rings is 1. The lowest BCUT2D eigenvalue weighted by Crippen LogP contribution is -2.54. The lowest BCUT2D eigenvalue weighted by Gasteiger charge is -2.40. The van der Waals surface area contributed by atoms with E-state index < -0.39 is 71.6 Å². The number of anilines is 1. The number of urea groups is 1. The molecule has 3 atom stereocenters. The second kappa shape index (κ2) is 28.8. The van der Waals surface area contributed by atoms with Crippen LogP contribution in [0.15, 0.2) is 91.1 Å². The van der Waals surface area contributed by atoms with Crippen LogP contribution >= 0.6 is 0 Å². The van der Waals surface area contributed by atoms with Gasteiger partial charge in [-0.3, -0.25) is 33.7 Å². The van der Waals surface area contributed by atoms with E-state index in [9.17, 15) is 47.9 Å². The third-order valence-corrected chi connectivity index (χ3v) is 12.5. The third kappa shape index (κ3) is 18.4. The minimum absolute atomic E-state index is 0.0528. The maximum absolute atomic E-state index is 15.1. The van der Waals surface area contributed by atoms with Gasteiger partial charge in [0.1, 0.15) is 42.8 Å². The second-order valence-corrected chi connectivity index (χ2v) is 20.0. The molecule has 77 heavy (non-hydrogen) atoms. The van der Waals surface area contributed by atoms with Crippen molar-refractivity contribution in [1.82, 2.24) is 40.6 Å². The maximum Gasteiger partial charge on any atom is 0.407 e. The molecule has 0 fully saturated rings. The summed E-state index contributed by atoms with van der Waals surface area (Å²) >= 11 is 0. The standard InChI is InChI=1S/C55H70F2N10O10/c1-35(2)48(64-44(69)17-10-7-11-28-66-45(70)24-25-46(66)71)52(74)63-42(16-12-26-59-53(58)75)51(73)61-39-21-18-37(19-22-39)34-77-54(76)60-27-13-29-67(47(72)33-68)49(55(3,4)5)50-62-43(40-30-38(56)20-23-41(40)57)32-65(50)31-36-14-8-6-9-15-36/h6,8-9,14-15,18-25,30,32,35,42,48-49,68H,7,10-13,16-17,26-29,31,33-34H2,1-5H3,(H,60,76)(H,61,73)(H,63,74)(H,64,69)(H3,58,59,75)/t42-,48-,49-/m0/s1. The van der Waals surface area contributed by atoms with Crippen LogP contribution in [0.4, 0.5) is 24.1 Å². The molecule has 2 heterocycles. The zero-order chi connectivity index (χ0) is 56.2. The topological polar surface area (TPSA) is 276 Å². The highest BCUT2D eigenvalue weighted by atomic mass is 19.1. The van der Waals surface area contributed by atoms with E-state index in [0.29, 0.717) is 42.9 Å². The van der Waals surface area contributed by atoms with Crippen molar-refractivity contribution in [1.29, 1.82) is 0 Å². The van der Waals surface area contributed by atoms with Gasteiger partial charge >= 0.3 is 12.1 Å². The normalized spacial score (nSPS) is 13.4. The SMILES string of the molecule is CC(C)[C@H](NC(=O)CCCCCN1C(=O)C=CC1=O)C(=O)N[C@@H](CCCNC(N)=O)C(=O)Nc1ccc(COC(=O)NCCCN(C(=O)CO)[C@@H](c2nc(-c3cc(F)ccc3F)cn2Cc2ccccc2)C(C)(C)C)cc1. The number of amides is 9. The summed E-state index contributed by atoms with van der Waals surface area (Å²) in [6.07, 6.45) is 5.52. The van der Waals surface area contributed by atoms with Crippen LogP contribution in [0.5, 0.6) is 0 Å². The van der Waals surface area contributed by atoms with Crippen LogP contribution in [0, 0.1) is 23.0 Å². The minimum Gasteiger partial charge on any atom is -0.445 e. The van der Waals surface area contributed by atoms with Crippen molar-refractivity contribution in [2.45, 2.75) is 111 Å². The molecule has 1 aliphatic heterocycles. The molecule has 0 aliphatic carbocycles. The molecule has 0 unspecified atom stereocenters. The van der Waals surface area contributed by atoms with Crippen LogP contribution in [0.1, 0.15) is 103 Å². The summed E-state index contributed by atoms with van der Waals surface area (Å²) in [6, 6.07) is 15.3. The number of benzene rings is 3. The number of hydrogen-bond acceptors (Lipinski definition) is 11. The Hall–Kier alpha value is -8.01. The van der Waals surface area contributed by atoms with Gasteiger partial charge in [0.2, 0.25) is 23.6 Å². The van der Waals surface area contributed by atoms with E-state index in [1.807, 2.05) is 51.1 Å². The second-order valence-electron chi connectivity index (χ2n) is 20.0. The Morgan fingerprint density at radius 1 is 0.818 bits per heavy atom. The van der Waals surface area contributed by atoms with E-state index in [4.69, 9.17) is 15.5 Å². The quantitative estimate of drug-likeness (QED) is 0.0272. The van der Waals surface area contributed by atoms with Crippen LogP contribution in [-0.4, -0.2) is 117 Å². The number of carbonyl (C=O) groups is 8. The molecule has 4 aromatic rings. The van der Waals surface area contributed by atoms with Gasteiger partial charge in [-0.2, -0.15) is 0 Å². The number of alkyl carbamates (subject to hydrolysis) is 1. The molecule has 9 amide bonds. The van der Waals surface area contributed by atoms with Crippen LogP contribution < -0.4 is 32.3 Å². The number of rotatable bonds is 28. The highest BCUT2D eigenvalue weighted by Crippen LogP contribution is 2.39. The monoisotopic (exact) mass is 1070 g/mol. The average Bonchev–Trinajstić information content (AvgIpc) is 3.97. The molecular weight excluding hydrogens is 999 g/mol.